The molecule has 0 bridgehead atoms. The van der Waals surface area contributed by atoms with Crippen LogP contribution in [0.1, 0.15) is 70.5 Å². The first-order valence-corrected chi connectivity index (χ1v) is 7.77. The summed E-state index contributed by atoms with van der Waals surface area (Å²) in [5.74, 6) is 0.501. The van der Waals surface area contributed by atoms with Crippen LogP contribution in [-0.4, -0.2) is 15.6 Å². The smallest absolute Gasteiger partial charge is 0.141 e. The zero-order valence-corrected chi connectivity index (χ0v) is 12.3. The van der Waals surface area contributed by atoms with Crippen LogP contribution in [0.25, 0.3) is 0 Å². The molecule has 3 nitrogen and oxygen atoms in total. The van der Waals surface area contributed by atoms with Crippen molar-refractivity contribution in [3.63, 3.8) is 0 Å². The first kappa shape index (κ1) is 14.3. The van der Waals surface area contributed by atoms with Crippen molar-refractivity contribution in [3.8, 4) is 0 Å². The van der Waals surface area contributed by atoms with Crippen molar-refractivity contribution < 1.29 is 4.79 Å². The second kappa shape index (κ2) is 6.88. The van der Waals surface area contributed by atoms with E-state index in [9.17, 15) is 4.79 Å². The number of hydrogen-bond acceptors (Lipinski definition) is 2. The second-order valence-corrected chi connectivity index (χ2v) is 5.91. The first-order chi connectivity index (χ1) is 9.20. The second-order valence-electron chi connectivity index (χ2n) is 5.91. The Hall–Kier alpha value is -1.12. The SMILES string of the molecule is CCCC(C)C(=O)Cc1ccn(C2CCCCC2)n1. The van der Waals surface area contributed by atoms with Gasteiger partial charge in [0.15, 0.2) is 0 Å². The number of carbonyl (C=O) groups excluding carboxylic acids is 1. The Bertz CT molecular complexity index is 405. The van der Waals surface area contributed by atoms with Gasteiger partial charge in [0.25, 0.3) is 0 Å². The highest BCUT2D eigenvalue weighted by Crippen LogP contribution is 2.27. The van der Waals surface area contributed by atoms with Crippen LogP contribution in [0.5, 0.6) is 0 Å². The van der Waals surface area contributed by atoms with Gasteiger partial charge in [0.05, 0.1) is 18.2 Å². The average Bonchev–Trinajstić information content (AvgIpc) is 2.88. The number of aromatic nitrogens is 2. The molecule has 1 fully saturated rings. The highest BCUT2D eigenvalue weighted by molar-refractivity contribution is 5.82. The fraction of sp³-hybridized carbons (Fsp3) is 0.750. The molecule has 0 aromatic carbocycles. The summed E-state index contributed by atoms with van der Waals surface area (Å²) in [6.45, 7) is 4.16. The molecule has 1 saturated carbocycles. The van der Waals surface area contributed by atoms with E-state index in [0.717, 1.165) is 18.5 Å². The summed E-state index contributed by atoms with van der Waals surface area (Å²) in [6, 6.07) is 2.58. The monoisotopic (exact) mass is 262 g/mol. The summed E-state index contributed by atoms with van der Waals surface area (Å²) in [5, 5.41) is 4.61. The minimum atomic E-state index is 0.171. The molecule has 1 aromatic rings. The van der Waals surface area contributed by atoms with E-state index in [0.29, 0.717) is 18.2 Å². The number of hydrogen-bond donors (Lipinski definition) is 0. The van der Waals surface area contributed by atoms with Gasteiger partial charge in [-0.15, -0.1) is 0 Å². The Kier molecular flexibility index (Phi) is 5.17. The van der Waals surface area contributed by atoms with Gasteiger partial charge in [0, 0.05) is 12.1 Å². The third-order valence-corrected chi connectivity index (χ3v) is 4.24. The normalized spacial score (nSPS) is 18.4. The zero-order valence-electron chi connectivity index (χ0n) is 12.3. The first-order valence-electron chi connectivity index (χ1n) is 7.77. The minimum Gasteiger partial charge on any atom is -0.299 e. The van der Waals surface area contributed by atoms with Gasteiger partial charge in [-0.3, -0.25) is 9.48 Å². The molecule has 0 saturated heterocycles. The predicted molar refractivity (Wildman–Crippen MR) is 77.1 cm³/mol. The molecule has 0 amide bonds. The lowest BCUT2D eigenvalue weighted by Crippen LogP contribution is -2.16. The number of rotatable bonds is 6. The van der Waals surface area contributed by atoms with E-state index < -0.39 is 0 Å². The number of carbonyl (C=O) groups is 1. The maximum Gasteiger partial charge on any atom is 0.141 e. The van der Waals surface area contributed by atoms with Gasteiger partial charge in [-0.25, -0.2) is 0 Å². The van der Waals surface area contributed by atoms with Crippen LogP contribution in [0.4, 0.5) is 0 Å². The molecule has 19 heavy (non-hydrogen) atoms. The lowest BCUT2D eigenvalue weighted by atomic mass is 9.96. The molecule has 0 N–H and O–H groups in total. The van der Waals surface area contributed by atoms with Crippen LogP contribution < -0.4 is 0 Å². The number of Topliss-reactive ketones (excluding diaryl/α,β-unsaturated/α-hetero) is 1. The molecule has 0 radical (unpaired) electrons. The Morgan fingerprint density at radius 3 is 2.84 bits per heavy atom. The molecule has 1 heterocycles. The van der Waals surface area contributed by atoms with E-state index in [2.05, 4.69) is 22.9 Å². The average molecular weight is 262 g/mol. The van der Waals surface area contributed by atoms with E-state index in [1.54, 1.807) is 0 Å². The highest BCUT2D eigenvalue weighted by atomic mass is 16.1. The summed E-state index contributed by atoms with van der Waals surface area (Å²) >= 11 is 0. The van der Waals surface area contributed by atoms with Crippen molar-refractivity contribution in [3.05, 3.63) is 18.0 Å². The standard InChI is InChI=1S/C16H26N2O/c1-3-7-13(2)16(19)12-14-10-11-18(17-14)15-8-5-4-6-9-15/h10-11,13,15H,3-9,12H2,1-2H3. The van der Waals surface area contributed by atoms with Crippen LogP contribution in [0.15, 0.2) is 12.3 Å². The van der Waals surface area contributed by atoms with Crippen LogP contribution >= 0.6 is 0 Å². The topological polar surface area (TPSA) is 34.9 Å². The third-order valence-electron chi connectivity index (χ3n) is 4.24. The molecule has 0 aliphatic heterocycles. The van der Waals surface area contributed by atoms with Crippen LogP contribution in [0.3, 0.4) is 0 Å². The number of ketones is 1. The van der Waals surface area contributed by atoms with Gasteiger partial charge in [0.1, 0.15) is 5.78 Å². The Morgan fingerprint density at radius 1 is 1.42 bits per heavy atom. The number of nitrogens with zero attached hydrogens (tertiary/aromatic N) is 2. The summed E-state index contributed by atoms with van der Waals surface area (Å²) in [4.78, 5) is 12.0. The van der Waals surface area contributed by atoms with Gasteiger partial charge >= 0.3 is 0 Å². The molecule has 3 heteroatoms. The Balaban J connectivity index is 1.91. The van der Waals surface area contributed by atoms with Crippen molar-refractivity contribution in [2.24, 2.45) is 5.92 Å². The van der Waals surface area contributed by atoms with Crippen LogP contribution in [0, 0.1) is 5.92 Å². The van der Waals surface area contributed by atoms with Crippen molar-refractivity contribution in [2.45, 2.75) is 71.3 Å². The molecule has 106 valence electrons. The van der Waals surface area contributed by atoms with Crippen LogP contribution in [0.2, 0.25) is 0 Å². The minimum absolute atomic E-state index is 0.171. The Morgan fingerprint density at radius 2 is 2.16 bits per heavy atom. The molecular weight excluding hydrogens is 236 g/mol. The molecular formula is C16H26N2O. The lowest BCUT2D eigenvalue weighted by Gasteiger charge is -2.21. The Labute approximate surface area is 116 Å². The maximum absolute atomic E-state index is 12.0. The van der Waals surface area contributed by atoms with Crippen molar-refractivity contribution >= 4 is 5.78 Å². The predicted octanol–water partition coefficient (Wildman–Crippen LogP) is 3.94. The fourth-order valence-corrected chi connectivity index (χ4v) is 2.97. The van der Waals surface area contributed by atoms with Gasteiger partial charge in [0.2, 0.25) is 0 Å². The van der Waals surface area contributed by atoms with Gasteiger partial charge in [-0.1, -0.05) is 39.5 Å². The highest BCUT2D eigenvalue weighted by Gasteiger charge is 2.18. The molecule has 1 aromatic heterocycles. The quantitative estimate of drug-likeness (QED) is 0.778. The van der Waals surface area contributed by atoms with Crippen molar-refractivity contribution in [1.82, 2.24) is 9.78 Å². The molecule has 2 rings (SSSR count). The van der Waals surface area contributed by atoms with E-state index in [-0.39, 0.29) is 5.92 Å². The van der Waals surface area contributed by atoms with Crippen molar-refractivity contribution in [1.29, 1.82) is 0 Å². The van der Waals surface area contributed by atoms with E-state index >= 15 is 0 Å². The summed E-state index contributed by atoms with van der Waals surface area (Å²) in [6.07, 6.45) is 11.1. The molecule has 0 spiro atoms. The third kappa shape index (κ3) is 3.92. The van der Waals surface area contributed by atoms with E-state index in [1.165, 1.54) is 32.1 Å². The lowest BCUT2D eigenvalue weighted by molar-refractivity contribution is -0.121. The summed E-state index contributed by atoms with van der Waals surface area (Å²) in [5.41, 5.74) is 0.943. The van der Waals surface area contributed by atoms with Crippen LogP contribution in [-0.2, 0) is 11.2 Å². The molecule has 1 aliphatic carbocycles. The maximum atomic E-state index is 12.0. The summed E-state index contributed by atoms with van der Waals surface area (Å²) in [7, 11) is 0. The van der Waals surface area contributed by atoms with E-state index in [1.807, 2.05) is 13.0 Å². The molecule has 1 unspecified atom stereocenters. The van der Waals surface area contributed by atoms with Crippen molar-refractivity contribution in [2.75, 3.05) is 0 Å². The largest absolute Gasteiger partial charge is 0.299 e. The molecule has 1 aliphatic rings. The van der Waals surface area contributed by atoms with Gasteiger partial charge in [-0.05, 0) is 25.3 Å². The zero-order chi connectivity index (χ0) is 13.7. The van der Waals surface area contributed by atoms with Gasteiger partial charge < -0.3 is 0 Å². The molecule has 1 atom stereocenters. The van der Waals surface area contributed by atoms with E-state index in [4.69, 9.17) is 0 Å². The van der Waals surface area contributed by atoms with Gasteiger partial charge in [-0.2, -0.15) is 5.10 Å². The fourth-order valence-electron chi connectivity index (χ4n) is 2.97. The summed E-state index contributed by atoms with van der Waals surface area (Å²) < 4.78 is 2.09.